The Bertz CT molecular complexity index is 879. The molecule has 1 aliphatic rings. The van der Waals surface area contributed by atoms with Gasteiger partial charge in [0, 0.05) is 31.4 Å². The second-order valence-corrected chi connectivity index (χ2v) is 5.36. The zero-order chi connectivity index (χ0) is 16.4. The second kappa shape index (κ2) is 6.11. The van der Waals surface area contributed by atoms with Crippen molar-refractivity contribution in [1.29, 1.82) is 0 Å². The van der Waals surface area contributed by atoms with E-state index in [-0.39, 0.29) is 12.5 Å². The third kappa shape index (κ3) is 2.71. The largest absolute Gasteiger partial charge is 0.483 e. The molecule has 0 radical (unpaired) electrons. The van der Waals surface area contributed by atoms with Gasteiger partial charge in [-0.25, -0.2) is 4.98 Å². The predicted octanol–water partition coefficient (Wildman–Crippen LogP) is 0.352. The lowest BCUT2D eigenvalue weighted by Gasteiger charge is -2.20. The lowest BCUT2D eigenvalue weighted by molar-refractivity contribution is -0.133. The summed E-state index contributed by atoms with van der Waals surface area (Å²) >= 11 is 0. The highest BCUT2D eigenvalue weighted by Crippen LogP contribution is 2.22. The fourth-order valence-corrected chi connectivity index (χ4v) is 2.62. The number of rotatable bonds is 4. The fraction of sp³-hybridized carbons (Fsp3) is 0.267. The number of para-hydroxylation sites is 1. The number of anilines is 1. The maximum atomic E-state index is 12.2. The number of carbonyl (C=O) groups is 1. The van der Waals surface area contributed by atoms with E-state index in [9.17, 15) is 4.79 Å². The van der Waals surface area contributed by atoms with Crippen LogP contribution in [0.3, 0.4) is 0 Å². The quantitative estimate of drug-likeness (QED) is 0.739. The van der Waals surface area contributed by atoms with Crippen molar-refractivity contribution in [1.82, 2.24) is 29.9 Å². The summed E-state index contributed by atoms with van der Waals surface area (Å²) in [6.45, 7) is 1.65. The van der Waals surface area contributed by atoms with Crippen LogP contribution in [-0.2, 0) is 11.3 Å². The van der Waals surface area contributed by atoms with Crippen molar-refractivity contribution in [2.45, 2.75) is 6.54 Å². The number of aromatic nitrogens is 5. The average molecular weight is 325 g/mol. The van der Waals surface area contributed by atoms with Gasteiger partial charge in [0.2, 0.25) is 5.65 Å². The summed E-state index contributed by atoms with van der Waals surface area (Å²) in [6.07, 6.45) is 3.29. The molecule has 2 aromatic heterocycles. The number of nitrogens with zero attached hydrogens (tertiary/aromatic N) is 6. The average Bonchev–Trinajstić information content (AvgIpc) is 3.03. The molecule has 1 amide bonds. The van der Waals surface area contributed by atoms with Gasteiger partial charge in [-0.3, -0.25) is 4.79 Å². The number of tetrazole rings is 1. The van der Waals surface area contributed by atoms with Crippen molar-refractivity contribution in [2.75, 3.05) is 25.0 Å². The van der Waals surface area contributed by atoms with Gasteiger partial charge in [-0.1, -0.05) is 18.2 Å². The summed E-state index contributed by atoms with van der Waals surface area (Å²) in [6, 6.07) is 7.70. The molecule has 0 aliphatic carbocycles. The molecule has 0 saturated heterocycles. The molecular formula is C15H15N7O2. The van der Waals surface area contributed by atoms with Gasteiger partial charge in [-0.15, -0.1) is 5.10 Å². The second-order valence-electron chi connectivity index (χ2n) is 5.36. The Hall–Kier alpha value is -3.23. The molecule has 4 rings (SSSR count). The van der Waals surface area contributed by atoms with E-state index >= 15 is 0 Å². The van der Waals surface area contributed by atoms with Gasteiger partial charge in [0.05, 0.1) is 6.20 Å². The van der Waals surface area contributed by atoms with Crippen molar-refractivity contribution in [3.63, 3.8) is 0 Å². The van der Waals surface area contributed by atoms with Crippen LogP contribution in [0, 0.1) is 0 Å². The van der Waals surface area contributed by atoms with Gasteiger partial charge in [0.15, 0.2) is 12.4 Å². The summed E-state index contributed by atoms with van der Waals surface area (Å²) < 4.78 is 7.09. The molecule has 0 fully saturated rings. The Morgan fingerprint density at radius 2 is 2.21 bits per heavy atom. The van der Waals surface area contributed by atoms with Crippen molar-refractivity contribution in [3.8, 4) is 5.75 Å². The molecule has 9 heteroatoms. The van der Waals surface area contributed by atoms with E-state index < -0.39 is 0 Å². The first kappa shape index (κ1) is 14.4. The fourth-order valence-electron chi connectivity index (χ4n) is 2.62. The minimum Gasteiger partial charge on any atom is -0.483 e. The molecule has 0 unspecified atom stereocenters. The molecule has 1 aromatic carbocycles. The first-order valence-electron chi connectivity index (χ1n) is 7.56. The van der Waals surface area contributed by atoms with Crippen LogP contribution in [0.15, 0.2) is 36.7 Å². The highest BCUT2D eigenvalue weighted by atomic mass is 16.5. The van der Waals surface area contributed by atoms with Crippen LogP contribution in [-0.4, -0.2) is 55.5 Å². The Morgan fingerprint density at radius 3 is 3.17 bits per heavy atom. The number of ether oxygens (including phenoxy) is 1. The summed E-state index contributed by atoms with van der Waals surface area (Å²) in [5.41, 5.74) is 1.55. The van der Waals surface area contributed by atoms with Crippen molar-refractivity contribution in [2.24, 2.45) is 0 Å². The van der Waals surface area contributed by atoms with Crippen molar-refractivity contribution < 1.29 is 9.53 Å². The van der Waals surface area contributed by atoms with E-state index in [0.29, 0.717) is 31.1 Å². The van der Waals surface area contributed by atoms with E-state index in [4.69, 9.17) is 4.74 Å². The Morgan fingerprint density at radius 1 is 1.29 bits per heavy atom. The highest BCUT2D eigenvalue weighted by Gasteiger charge is 2.20. The molecule has 0 bridgehead atoms. The lowest BCUT2D eigenvalue weighted by atomic mass is 10.2. The highest BCUT2D eigenvalue weighted by molar-refractivity contribution is 5.78. The smallest absolute Gasteiger partial charge is 0.260 e. The molecule has 0 spiro atoms. The minimum atomic E-state index is -0.0386. The van der Waals surface area contributed by atoms with Crippen LogP contribution in [0.5, 0.6) is 5.75 Å². The van der Waals surface area contributed by atoms with Gasteiger partial charge in [0.1, 0.15) is 5.75 Å². The molecule has 0 atom stereocenters. The van der Waals surface area contributed by atoms with Crippen LogP contribution in [0.4, 0.5) is 5.82 Å². The van der Waals surface area contributed by atoms with Gasteiger partial charge in [-0.05, 0) is 16.5 Å². The maximum Gasteiger partial charge on any atom is 0.260 e. The van der Waals surface area contributed by atoms with Gasteiger partial charge in [-0.2, -0.15) is 4.52 Å². The molecule has 122 valence electrons. The zero-order valence-corrected chi connectivity index (χ0v) is 12.8. The number of carbonyl (C=O) groups excluding carboxylic acids is 1. The zero-order valence-electron chi connectivity index (χ0n) is 12.8. The molecule has 24 heavy (non-hydrogen) atoms. The molecule has 9 nitrogen and oxygen atoms in total. The van der Waals surface area contributed by atoms with Crippen LogP contribution in [0.1, 0.15) is 5.56 Å². The van der Waals surface area contributed by atoms with Gasteiger partial charge >= 0.3 is 0 Å². The van der Waals surface area contributed by atoms with E-state index in [1.165, 1.54) is 4.52 Å². The molecular weight excluding hydrogens is 310 g/mol. The van der Waals surface area contributed by atoms with E-state index in [1.807, 2.05) is 24.3 Å². The Kier molecular flexibility index (Phi) is 3.66. The van der Waals surface area contributed by atoms with Crippen LogP contribution < -0.4 is 10.1 Å². The standard InChI is InChI=1S/C15H15N7O2/c23-13-10-24-12-4-2-1-3-11(12)9-21(13)7-5-16-14-15-18-19-20-22(15)8-6-17-14/h1-4,6,8H,5,7,9-10H2,(H,16,17). The summed E-state index contributed by atoms with van der Waals surface area (Å²) in [5.74, 6) is 1.31. The maximum absolute atomic E-state index is 12.2. The molecule has 0 saturated carbocycles. The Balaban J connectivity index is 1.43. The third-order valence-electron chi connectivity index (χ3n) is 3.83. The van der Waals surface area contributed by atoms with Crippen LogP contribution in [0.2, 0.25) is 0 Å². The lowest BCUT2D eigenvalue weighted by Crippen LogP contribution is -2.36. The summed E-state index contributed by atoms with van der Waals surface area (Å²) in [5, 5.41) is 14.5. The Labute approximate surface area is 137 Å². The van der Waals surface area contributed by atoms with Crippen molar-refractivity contribution in [3.05, 3.63) is 42.2 Å². The number of nitrogens with one attached hydrogen (secondary N) is 1. The van der Waals surface area contributed by atoms with Crippen LogP contribution in [0.25, 0.3) is 5.65 Å². The monoisotopic (exact) mass is 325 g/mol. The van der Waals surface area contributed by atoms with Crippen LogP contribution >= 0.6 is 0 Å². The molecule has 1 N–H and O–H groups in total. The van der Waals surface area contributed by atoms with E-state index in [1.54, 1.807) is 17.3 Å². The summed E-state index contributed by atoms with van der Waals surface area (Å²) in [7, 11) is 0. The number of benzene rings is 1. The third-order valence-corrected chi connectivity index (χ3v) is 3.83. The summed E-state index contributed by atoms with van der Waals surface area (Å²) in [4.78, 5) is 18.2. The van der Waals surface area contributed by atoms with E-state index in [2.05, 4.69) is 25.8 Å². The topological polar surface area (TPSA) is 97.5 Å². The number of amides is 1. The minimum absolute atomic E-state index is 0.0386. The van der Waals surface area contributed by atoms with Gasteiger partial charge in [0.25, 0.3) is 5.91 Å². The molecule has 3 aromatic rings. The van der Waals surface area contributed by atoms with E-state index in [0.717, 1.165) is 11.3 Å². The predicted molar refractivity (Wildman–Crippen MR) is 84.4 cm³/mol. The van der Waals surface area contributed by atoms with Crippen molar-refractivity contribution >= 4 is 17.4 Å². The number of hydrogen-bond donors (Lipinski definition) is 1. The molecule has 3 heterocycles. The normalized spacial score (nSPS) is 14.2. The first-order chi connectivity index (χ1) is 11.8. The first-order valence-corrected chi connectivity index (χ1v) is 7.56. The van der Waals surface area contributed by atoms with Gasteiger partial charge < -0.3 is 15.0 Å². The number of hydrogen-bond acceptors (Lipinski definition) is 7. The molecule has 1 aliphatic heterocycles. The number of fused-ring (bicyclic) bond motifs is 2. The SMILES string of the molecule is O=C1COc2ccccc2CN1CCNc1nccn2nnnc12.